The van der Waals surface area contributed by atoms with Gasteiger partial charge in [0.2, 0.25) is 5.91 Å². The van der Waals surface area contributed by atoms with Crippen LogP contribution in [0.4, 0.5) is 5.82 Å². The number of nitrogens with one attached hydrogen (secondary N) is 1. The number of aryl methyl sites for hydroxylation is 1. The fourth-order valence-corrected chi connectivity index (χ4v) is 3.06. The van der Waals surface area contributed by atoms with Gasteiger partial charge in [0, 0.05) is 30.9 Å². The molecular formula is C23H23N7O5. The number of ether oxygens (including phenoxy) is 2. The van der Waals surface area contributed by atoms with Crippen LogP contribution in [0.5, 0.6) is 17.2 Å². The van der Waals surface area contributed by atoms with Crippen molar-refractivity contribution in [3.8, 4) is 28.8 Å². The first kappa shape index (κ1) is 23.4. The smallest absolute Gasteiger partial charge is 0.276 e. The normalized spacial score (nSPS) is 10.9. The zero-order chi connectivity index (χ0) is 24.9. The zero-order valence-corrected chi connectivity index (χ0v) is 19.3. The highest BCUT2D eigenvalue weighted by atomic mass is 16.5. The van der Waals surface area contributed by atoms with Crippen LogP contribution in [0.3, 0.4) is 0 Å². The van der Waals surface area contributed by atoms with Gasteiger partial charge in [-0.2, -0.15) is 10.1 Å². The van der Waals surface area contributed by atoms with Crippen molar-refractivity contribution in [1.29, 1.82) is 0 Å². The summed E-state index contributed by atoms with van der Waals surface area (Å²) in [5.74, 6) is 1.08. The van der Waals surface area contributed by atoms with E-state index >= 15 is 0 Å². The maximum Gasteiger partial charge on any atom is 0.276 e. The van der Waals surface area contributed by atoms with Crippen molar-refractivity contribution in [3.05, 3.63) is 60.2 Å². The van der Waals surface area contributed by atoms with E-state index in [0.717, 1.165) is 0 Å². The number of primary amides is 1. The molecule has 0 radical (unpaired) electrons. The second-order valence-electron chi connectivity index (χ2n) is 7.83. The Bertz CT molecular complexity index is 1340. The minimum Gasteiger partial charge on any atom is -0.491 e. The summed E-state index contributed by atoms with van der Waals surface area (Å²) in [6, 6.07) is 9.87. The van der Waals surface area contributed by atoms with Gasteiger partial charge in [-0.15, -0.1) is 0 Å². The van der Waals surface area contributed by atoms with E-state index in [1.807, 2.05) is 13.8 Å². The molecule has 3 aromatic heterocycles. The van der Waals surface area contributed by atoms with Crippen LogP contribution < -0.4 is 20.5 Å². The molecule has 0 aliphatic rings. The monoisotopic (exact) mass is 477 g/mol. The summed E-state index contributed by atoms with van der Waals surface area (Å²) in [6.45, 7) is 3.77. The van der Waals surface area contributed by atoms with Crippen LogP contribution in [0, 0.1) is 0 Å². The number of hydrogen-bond donors (Lipinski definition) is 2. The fourth-order valence-electron chi connectivity index (χ4n) is 3.06. The maximum atomic E-state index is 12.8. The highest BCUT2D eigenvalue weighted by Gasteiger charge is 2.15. The molecule has 180 valence electrons. The molecule has 0 spiro atoms. The van der Waals surface area contributed by atoms with Crippen LogP contribution in [0.25, 0.3) is 11.6 Å². The van der Waals surface area contributed by atoms with Crippen LogP contribution in [0.1, 0.15) is 30.0 Å². The van der Waals surface area contributed by atoms with Crippen molar-refractivity contribution in [2.45, 2.75) is 26.4 Å². The zero-order valence-electron chi connectivity index (χ0n) is 19.3. The molecule has 0 aliphatic heterocycles. The predicted octanol–water partition coefficient (Wildman–Crippen LogP) is 2.72. The summed E-state index contributed by atoms with van der Waals surface area (Å²) >= 11 is 0. The molecule has 0 saturated heterocycles. The van der Waals surface area contributed by atoms with Crippen molar-refractivity contribution in [2.24, 2.45) is 12.8 Å². The van der Waals surface area contributed by atoms with Crippen LogP contribution in [0.2, 0.25) is 0 Å². The third-order valence-corrected chi connectivity index (χ3v) is 4.46. The molecule has 3 N–H and O–H groups in total. The highest BCUT2D eigenvalue weighted by molar-refractivity contribution is 6.04. The number of rotatable bonds is 9. The molecule has 4 aromatic rings. The summed E-state index contributed by atoms with van der Waals surface area (Å²) in [5.41, 5.74) is 5.87. The molecule has 0 aliphatic carbocycles. The number of aromatic nitrogens is 5. The number of carbonyl (C=O) groups is 2. The Morgan fingerprint density at radius 2 is 1.94 bits per heavy atom. The van der Waals surface area contributed by atoms with Crippen molar-refractivity contribution in [1.82, 2.24) is 24.9 Å². The Hall–Kier alpha value is -4.74. The molecule has 4 rings (SSSR count). The minimum atomic E-state index is -0.564. The number of amides is 2. The lowest BCUT2D eigenvalue weighted by Crippen LogP contribution is -2.14. The third-order valence-electron chi connectivity index (χ3n) is 4.46. The Morgan fingerprint density at radius 3 is 2.60 bits per heavy atom. The van der Waals surface area contributed by atoms with Gasteiger partial charge in [0.05, 0.1) is 18.7 Å². The first-order valence-corrected chi connectivity index (χ1v) is 10.6. The second-order valence-corrected chi connectivity index (χ2v) is 7.83. The van der Waals surface area contributed by atoms with Gasteiger partial charge in [-0.05, 0) is 38.1 Å². The van der Waals surface area contributed by atoms with Gasteiger partial charge in [0.15, 0.2) is 11.6 Å². The number of anilines is 1. The molecule has 12 heteroatoms. The first-order valence-electron chi connectivity index (χ1n) is 10.6. The number of benzene rings is 1. The molecule has 0 fully saturated rings. The standard InChI is InChI=1S/C23H23N7O5/c1-13(2)33-16-8-14(22(32)26-20-6-7-30(3)28-20)9-17(10-16)34-15-4-5-18(25-12-15)23-27-21(29-35-23)11-19(24)31/h4-10,12-13H,11H2,1-3H3,(H2,24,31)(H,26,28,32). The number of hydrogen-bond acceptors (Lipinski definition) is 9. The molecule has 3 heterocycles. The van der Waals surface area contributed by atoms with E-state index in [9.17, 15) is 9.59 Å². The summed E-state index contributed by atoms with van der Waals surface area (Å²) in [6.07, 6.45) is 2.96. The molecule has 0 atom stereocenters. The molecule has 0 bridgehead atoms. The van der Waals surface area contributed by atoms with Gasteiger partial charge in [0.25, 0.3) is 11.8 Å². The van der Waals surface area contributed by atoms with E-state index in [1.165, 1.54) is 6.20 Å². The first-order chi connectivity index (χ1) is 16.7. The summed E-state index contributed by atoms with van der Waals surface area (Å²) in [5, 5.41) is 10.6. The lowest BCUT2D eigenvalue weighted by Gasteiger charge is -2.14. The van der Waals surface area contributed by atoms with E-state index in [4.69, 9.17) is 19.7 Å². The SMILES string of the molecule is CC(C)Oc1cc(Oc2ccc(-c3nc(CC(N)=O)no3)nc2)cc(C(=O)Nc2ccn(C)n2)c1. The largest absolute Gasteiger partial charge is 0.491 e. The topological polar surface area (TPSA) is 160 Å². The van der Waals surface area contributed by atoms with Gasteiger partial charge in [-0.1, -0.05) is 5.16 Å². The third kappa shape index (κ3) is 6.19. The van der Waals surface area contributed by atoms with E-state index in [0.29, 0.717) is 34.3 Å². The van der Waals surface area contributed by atoms with E-state index in [2.05, 4.69) is 25.5 Å². The second kappa shape index (κ2) is 10.0. The van der Waals surface area contributed by atoms with Crippen LogP contribution in [0.15, 0.2) is 53.3 Å². The Balaban J connectivity index is 1.53. The van der Waals surface area contributed by atoms with Crippen molar-refractivity contribution in [2.75, 3.05) is 5.32 Å². The van der Waals surface area contributed by atoms with E-state index in [-0.39, 0.29) is 30.1 Å². The van der Waals surface area contributed by atoms with Crippen molar-refractivity contribution in [3.63, 3.8) is 0 Å². The van der Waals surface area contributed by atoms with Gasteiger partial charge >= 0.3 is 0 Å². The molecule has 35 heavy (non-hydrogen) atoms. The quantitative estimate of drug-likeness (QED) is 0.369. The average Bonchev–Trinajstić information content (AvgIpc) is 3.42. The number of nitrogens with zero attached hydrogens (tertiary/aromatic N) is 5. The van der Waals surface area contributed by atoms with Crippen molar-refractivity contribution < 1.29 is 23.6 Å². The Labute approximate surface area is 200 Å². The highest BCUT2D eigenvalue weighted by Crippen LogP contribution is 2.29. The Kier molecular flexibility index (Phi) is 6.71. The Morgan fingerprint density at radius 1 is 1.14 bits per heavy atom. The summed E-state index contributed by atoms with van der Waals surface area (Å²) in [7, 11) is 1.76. The molecule has 12 nitrogen and oxygen atoms in total. The molecular weight excluding hydrogens is 454 g/mol. The van der Waals surface area contributed by atoms with Crippen LogP contribution >= 0.6 is 0 Å². The molecule has 1 aromatic carbocycles. The molecule has 0 saturated carbocycles. The summed E-state index contributed by atoms with van der Waals surface area (Å²) < 4.78 is 18.4. The van der Waals surface area contributed by atoms with E-state index in [1.54, 1.807) is 54.3 Å². The minimum absolute atomic E-state index is 0.105. The van der Waals surface area contributed by atoms with Gasteiger partial charge in [-0.25, -0.2) is 4.98 Å². The lowest BCUT2D eigenvalue weighted by molar-refractivity contribution is -0.117. The number of pyridine rings is 1. The van der Waals surface area contributed by atoms with Crippen molar-refractivity contribution >= 4 is 17.6 Å². The van der Waals surface area contributed by atoms with Crippen LogP contribution in [-0.2, 0) is 18.3 Å². The lowest BCUT2D eigenvalue weighted by atomic mass is 10.2. The number of nitrogens with two attached hydrogens (primary N) is 1. The average molecular weight is 477 g/mol. The molecule has 0 unspecified atom stereocenters. The number of carbonyl (C=O) groups excluding carboxylic acids is 2. The van der Waals surface area contributed by atoms with Gasteiger partial charge < -0.3 is 25.0 Å². The predicted molar refractivity (Wildman–Crippen MR) is 124 cm³/mol. The van der Waals surface area contributed by atoms with Gasteiger partial charge in [0.1, 0.15) is 22.9 Å². The molecule has 2 amide bonds. The maximum absolute atomic E-state index is 12.8. The fraction of sp³-hybridized carbons (Fsp3) is 0.217. The van der Waals surface area contributed by atoms with Crippen LogP contribution in [-0.4, -0.2) is 42.8 Å². The van der Waals surface area contributed by atoms with Gasteiger partial charge in [-0.3, -0.25) is 14.3 Å². The summed E-state index contributed by atoms with van der Waals surface area (Å²) in [4.78, 5) is 32.2. The van der Waals surface area contributed by atoms with E-state index < -0.39 is 5.91 Å².